The summed E-state index contributed by atoms with van der Waals surface area (Å²) in [6.45, 7) is 6.90. The lowest BCUT2D eigenvalue weighted by atomic mass is 9.81. The van der Waals surface area contributed by atoms with Gasteiger partial charge in [-0.05, 0) is 114 Å². The van der Waals surface area contributed by atoms with Crippen molar-refractivity contribution in [3.63, 3.8) is 0 Å². The van der Waals surface area contributed by atoms with E-state index >= 15 is 0 Å². The summed E-state index contributed by atoms with van der Waals surface area (Å²) in [5, 5.41) is 10.3. The van der Waals surface area contributed by atoms with Crippen molar-refractivity contribution in [2.24, 2.45) is 0 Å². The van der Waals surface area contributed by atoms with Gasteiger partial charge in [0.15, 0.2) is 0 Å². The first-order valence-corrected chi connectivity index (χ1v) is 17.8. The van der Waals surface area contributed by atoms with E-state index in [2.05, 4.69) is 176 Å². The Kier molecular flexibility index (Phi) is 6.47. The zero-order valence-electron chi connectivity index (χ0n) is 29.0. The van der Waals surface area contributed by atoms with E-state index in [9.17, 15) is 0 Å². The zero-order valence-corrected chi connectivity index (χ0v) is 29.0. The number of pyridine rings is 1. The van der Waals surface area contributed by atoms with Crippen molar-refractivity contribution in [1.82, 2.24) is 9.55 Å². The highest BCUT2D eigenvalue weighted by atomic mass is 15.0. The molecule has 0 aliphatic carbocycles. The lowest BCUT2D eigenvalue weighted by Gasteiger charge is -2.23. The molecule has 0 radical (unpaired) electrons. The van der Waals surface area contributed by atoms with Gasteiger partial charge in [0, 0.05) is 28.2 Å². The molecule has 0 fully saturated rings. The van der Waals surface area contributed by atoms with E-state index in [0.29, 0.717) is 0 Å². The molecule has 0 bridgehead atoms. The molecule has 0 saturated heterocycles. The smallest absolute Gasteiger partial charge is 0.0701 e. The van der Waals surface area contributed by atoms with Crippen LogP contribution in [0.2, 0.25) is 0 Å². The van der Waals surface area contributed by atoms with E-state index in [4.69, 9.17) is 0 Å². The van der Waals surface area contributed by atoms with Gasteiger partial charge in [-0.3, -0.25) is 4.98 Å². The third-order valence-corrected chi connectivity index (χ3v) is 10.7. The van der Waals surface area contributed by atoms with E-state index in [1.165, 1.54) is 87.6 Å². The molecule has 8 aromatic carbocycles. The summed E-state index contributed by atoms with van der Waals surface area (Å²) < 4.78 is 2.39. The second-order valence-corrected chi connectivity index (χ2v) is 14.8. The van der Waals surface area contributed by atoms with Crippen molar-refractivity contribution >= 4 is 54.1 Å². The largest absolute Gasteiger partial charge is 0.309 e. The van der Waals surface area contributed by atoms with Gasteiger partial charge < -0.3 is 4.57 Å². The molecule has 0 N–H and O–H groups in total. The first kappa shape index (κ1) is 29.6. The molecule has 51 heavy (non-hydrogen) atoms. The van der Waals surface area contributed by atoms with Crippen LogP contribution in [0.4, 0.5) is 0 Å². The van der Waals surface area contributed by atoms with Gasteiger partial charge in [-0.25, -0.2) is 0 Å². The number of fused-ring (bicyclic) bond motifs is 3. The van der Waals surface area contributed by atoms with Crippen LogP contribution in [0.3, 0.4) is 0 Å². The second kappa shape index (κ2) is 11.1. The summed E-state index contributed by atoms with van der Waals surface area (Å²) in [6.07, 6.45) is 1.86. The minimum absolute atomic E-state index is 0.0600. The molecular formula is C49H36N2. The van der Waals surface area contributed by atoms with Crippen molar-refractivity contribution in [3.8, 4) is 39.2 Å². The minimum Gasteiger partial charge on any atom is -0.309 e. The van der Waals surface area contributed by atoms with Crippen molar-refractivity contribution < 1.29 is 0 Å². The van der Waals surface area contributed by atoms with Crippen LogP contribution in [0, 0.1) is 0 Å². The Hall–Kier alpha value is -6.25. The van der Waals surface area contributed by atoms with Crippen molar-refractivity contribution in [2.75, 3.05) is 0 Å². The van der Waals surface area contributed by atoms with E-state index in [1.807, 2.05) is 18.3 Å². The SMILES string of the molecule is CC(C)(C)c1cc2ccc3c(-c4ccc(-c5ccccn5)cc4)cc(-c4ccc5c(c4)c4ccccc4n5-c4ccccc4)c4ccc(c1)c2c34. The summed E-state index contributed by atoms with van der Waals surface area (Å²) in [5.41, 5.74) is 12.0. The molecule has 2 aromatic heterocycles. The first-order valence-electron chi connectivity index (χ1n) is 17.8. The summed E-state index contributed by atoms with van der Waals surface area (Å²) >= 11 is 0. The highest BCUT2D eigenvalue weighted by Crippen LogP contribution is 2.46. The fourth-order valence-electron chi connectivity index (χ4n) is 8.18. The molecule has 0 amide bonds. The predicted molar refractivity (Wildman–Crippen MR) is 217 cm³/mol. The zero-order chi connectivity index (χ0) is 34.3. The molecule has 0 aliphatic rings. The average molecular weight is 653 g/mol. The molecule has 10 rings (SSSR count). The number of benzene rings is 8. The maximum atomic E-state index is 4.60. The fourth-order valence-corrected chi connectivity index (χ4v) is 8.18. The van der Waals surface area contributed by atoms with Gasteiger partial charge in [0.25, 0.3) is 0 Å². The number of hydrogen-bond acceptors (Lipinski definition) is 1. The van der Waals surface area contributed by atoms with Crippen LogP contribution < -0.4 is 0 Å². The van der Waals surface area contributed by atoms with Gasteiger partial charge >= 0.3 is 0 Å². The first-order chi connectivity index (χ1) is 24.9. The maximum Gasteiger partial charge on any atom is 0.0701 e. The van der Waals surface area contributed by atoms with Gasteiger partial charge in [-0.1, -0.05) is 130 Å². The van der Waals surface area contributed by atoms with Crippen LogP contribution in [0.1, 0.15) is 26.3 Å². The topological polar surface area (TPSA) is 17.8 Å². The molecule has 242 valence electrons. The third-order valence-electron chi connectivity index (χ3n) is 10.7. The number of para-hydroxylation sites is 2. The Balaban J connectivity index is 1.26. The Morgan fingerprint density at radius 1 is 0.451 bits per heavy atom. The van der Waals surface area contributed by atoms with Crippen LogP contribution in [0.25, 0.3) is 93.3 Å². The number of nitrogens with zero attached hydrogens (tertiary/aromatic N) is 2. The Morgan fingerprint density at radius 3 is 1.78 bits per heavy atom. The minimum atomic E-state index is 0.0600. The van der Waals surface area contributed by atoms with Gasteiger partial charge in [-0.2, -0.15) is 0 Å². The molecule has 0 aliphatic heterocycles. The average Bonchev–Trinajstić information content (AvgIpc) is 3.50. The summed E-state index contributed by atoms with van der Waals surface area (Å²) in [5.74, 6) is 0. The number of hydrogen-bond donors (Lipinski definition) is 0. The van der Waals surface area contributed by atoms with E-state index in [1.54, 1.807) is 0 Å². The van der Waals surface area contributed by atoms with Gasteiger partial charge in [0.1, 0.15) is 0 Å². The van der Waals surface area contributed by atoms with Gasteiger partial charge in [0.2, 0.25) is 0 Å². The molecule has 0 saturated carbocycles. The normalized spacial score (nSPS) is 12.2. The lowest BCUT2D eigenvalue weighted by Crippen LogP contribution is -2.10. The third kappa shape index (κ3) is 4.67. The summed E-state index contributed by atoms with van der Waals surface area (Å²) in [7, 11) is 0. The lowest BCUT2D eigenvalue weighted by molar-refractivity contribution is 0.591. The second-order valence-electron chi connectivity index (χ2n) is 14.8. The monoisotopic (exact) mass is 652 g/mol. The summed E-state index contributed by atoms with van der Waals surface area (Å²) in [6, 6.07) is 58.1. The van der Waals surface area contributed by atoms with E-state index in [-0.39, 0.29) is 5.41 Å². The molecular weight excluding hydrogens is 617 g/mol. The summed E-state index contributed by atoms with van der Waals surface area (Å²) in [4.78, 5) is 4.60. The highest BCUT2D eigenvalue weighted by Gasteiger charge is 2.21. The molecule has 2 heterocycles. The molecule has 0 spiro atoms. The highest BCUT2D eigenvalue weighted by molar-refractivity contribution is 6.28. The van der Waals surface area contributed by atoms with E-state index < -0.39 is 0 Å². The van der Waals surface area contributed by atoms with Crippen LogP contribution in [0.5, 0.6) is 0 Å². The number of aromatic nitrogens is 2. The quantitative estimate of drug-likeness (QED) is 0.173. The molecule has 2 heteroatoms. The molecule has 2 nitrogen and oxygen atoms in total. The van der Waals surface area contributed by atoms with Crippen LogP contribution in [0.15, 0.2) is 164 Å². The molecule has 10 aromatic rings. The van der Waals surface area contributed by atoms with Crippen molar-refractivity contribution in [2.45, 2.75) is 26.2 Å². The van der Waals surface area contributed by atoms with Crippen LogP contribution in [-0.4, -0.2) is 9.55 Å². The van der Waals surface area contributed by atoms with Crippen LogP contribution >= 0.6 is 0 Å². The van der Waals surface area contributed by atoms with Gasteiger partial charge in [-0.15, -0.1) is 0 Å². The van der Waals surface area contributed by atoms with Crippen molar-refractivity contribution in [1.29, 1.82) is 0 Å². The molecule has 0 unspecified atom stereocenters. The Labute approximate surface area is 297 Å². The van der Waals surface area contributed by atoms with Gasteiger partial charge in [0.05, 0.1) is 16.7 Å². The Morgan fingerprint density at radius 2 is 1.08 bits per heavy atom. The maximum absolute atomic E-state index is 4.60. The Bertz CT molecular complexity index is 2890. The predicted octanol–water partition coefficient (Wildman–Crippen LogP) is 13.4. The fraction of sp³-hybridized carbons (Fsp3) is 0.0816. The standard InChI is InChI=1S/C49H36N2/c1-49(2,3)36-27-34-20-23-39-41(31-16-18-32(19-17-31)44-14-9-10-26-50-44)30-42(40-24-21-35(28-36)47(34)48(39)40)33-22-25-46-43(29-33)38-13-7-8-15-45(38)51(46)37-11-5-4-6-12-37/h4-30H,1-3H3. The van der Waals surface area contributed by atoms with Crippen molar-refractivity contribution in [3.05, 3.63) is 169 Å². The van der Waals surface area contributed by atoms with Crippen LogP contribution in [-0.2, 0) is 5.41 Å². The molecule has 0 atom stereocenters. The number of rotatable bonds is 4. The van der Waals surface area contributed by atoms with E-state index in [0.717, 1.165) is 11.3 Å².